The van der Waals surface area contributed by atoms with Crippen LogP contribution in [0.4, 0.5) is 0 Å². The zero-order chi connectivity index (χ0) is 15.6. The Morgan fingerprint density at radius 3 is 2.52 bits per heavy atom. The number of aryl methyl sites for hydroxylation is 1. The minimum atomic E-state index is 0.0538. The fourth-order valence-corrected chi connectivity index (χ4v) is 2.85. The third kappa shape index (κ3) is 4.36. The maximum absolute atomic E-state index is 6.20. The SMILES string of the molecule is Cc1ccc(Oc2cc(Cl)c(Br)cc2Cl)c(CC(C)N)c1. The molecule has 5 heteroatoms. The van der Waals surface area contributed by atoms with Gasteiger partial charge in [0.1, 0.15) is 11.5 Å². The van der Waals surface area contributed by atoms with E-state index in [9.17, 15) is 0 Å². The number of hydrogen-bond acceptors (Lipinski definition) is 2. The van der Waals surface area contributed by atoms with E-state index in [0.717, 1.165) is 27.8 Å². The second-order valence-electron chi connectivity index (χ2n) is 5.09. The lowest BCUT2D eigenvalue weighted by Crippen LogP contribution is -2.18. The Kier molecular flexibility index (Phi) is 5.55. The van der Waals surface area contributed by atoms with Crippen LogP contribution in [0.2, 0.25) is 10.0 Å². The van der Waals surface area contributed by atoms with E-state index in [-0.39, 0.29) is 6.04 Å². The van der Waals surface area contributed by atoms with E-state index < -0.39 is 0 Å². The molecular formula is C16H16BrCl2NO. The van der Waals surface area contributed by atoms with Crippen molar-refractivity contribution in [2.45, 2.75) is 26.3 Å². The predicted molar refractivity (Wildman–Crippen MR) is 92.8 cm³/mol. The first-order chi connectivity index (χ1) is 9.86. The van der Waals surface area contributed by atoms with Gasteiger partial charge in [0.2, 0.25) is 0 Å². The van der Waals surface area contributed by atoms with Crippen molar-refractivity contribution in [2.24, 2.45) is 5.73 Å². The zero-order valence-electron chi connectivity index (χ0n) is 11.8. The summed E-state index contributed by atoms with van der Waals surface area (Å²) in [5, 5.41) is 1.05. The number of benzene rings is 2. The van der Waals surface area contributed by atoms with Crippen molar-refractivity contribution in [1.29, 1.82) is 0 Å². The first-order valence-corrected chi connectivity index (χ1v) is 8.09. The molecule has 2 rings (SSSR count). The molecule has 0 aromatic heterocycles. The van der Waals surface area contributed by atoms with Crippen LogP contribution in [0.5, 0.6) is 11.5 Å². The average Bonchev–Trinajstić information content (AvgIpc) is 2.38. The van der Waals surface area contributed by atoms with E-state index >= 15 is 0 Å². The smallest absolute Gasteiger partial charge is 0.147 e. The second kappa shape index (κ2) is 7.01. The highest BCUT2D eigenvalue weighted by molar-refractivity contribution is 9.10. The first-order valence-electron chi connectivity index (χ1n) is 6.54. The fraction of sp³-hybridized carbons (Fsp3) is 0.250. The van der Waals surface area contributed by atoms with Crippen LogP contribution >= 0.6 is 39.1 Å². The topological polar surface area (TPSA) is 35.2 Å². The first kappa shape index (κ1) is 16.6. The quantitative estimate of drug-likeness (QED) is 0.677. The molecule has 0 amide bonds. The summed E-state index contributed by atoms with van der Waals surface area (Å²) in [6.07, 6.45) is 0.735. The molecule has 2 aromatic carbocycles. The Hall–Kier alpha value is -0.740. The fourth-order valence-electron chi connectivity index (χ4n) is 2.02. The molecule has 0 aliphatic rings. The summed E-state index contributed by atoms with van der Waals surface area (Å²) in [5.41, 5.74) is 8.12. The molecule has 0 aliphatic heterocycles. The highest BCUT2D eigenvalue weighted by Crippen LogP contribution is 2.37. The van der Waals surface area contributed by atoms with Crippen molar-refractivity contribution < 1.29 is 4.74 Å². The lowest BCUT2D eigenvalue weighted by Gasteiger charge is -2.15. The molecular weight excluding hydrogens is 373 g/mol. The molecule has 0 heterocycles. The number of hydrogen-bond donors (Lipinski definition) is 1. The van der Waals surface area contributed by atoms with Gasteiger partial charge in [-0.1, -0.05) is 40.9 Å². The van der Waals surface area contributed by atoms with Gasteiger partial charge in [-0.15, -0.1) is 0 Å². The molecule has 0 radical (unpaired) electrons. The van der Waals surface area contributed by atoms with Crippen LogP contribution < -0.4 is 10.5 Å². The van der Waals surface area contributed by atoms with Crippen molar-refractivity contribution in [3.8, 4) is 11.5 Å². The molecule has 0 bridgehead atoms. The molecule has 0 spiro atoms. The molecule has 2 N–H and O–H groups in total. The molecule has 0 aliphatic carbocycles. The Morgan fingerprint density at radius 1 is 1.14 bits per heavy atom. The highest BCUT2D eigenvalue weighted by Gasteiger charge is 2.12. The zero-order valence-corrected chi connectivity index (χ0v) is 14.9. The summed E-state index contributed by atoms with van der Waals surface area (Å²) < 4.78 is 6.68. The monoisotopic (exact) mass is 387 g/mol. The van der Waals surface area contributed by atoms with Gasteiger partial charge in [-0.05, 0) is 53.9 Å². The van der Waals surface area contributed by atoms with E-state index in [4.69, 9.17) is 33.7 Å². The van der Waals surface area contributed by atoms with Crippen LogP contribution in [0.3, 0.4) is 0 Å². The maximum atomic E-state index is 6.20. The average molecular weight is 389 g/mol. The van der Waals surface area contributed by atoms with Gasteiger partial charge in [0.05, 0.1) is 10.0 Å². The van der Waals surface area contributed by atoms with Crippen molar-refractivity contribution >= 4 is 39.1 Å². The lowest BCUT2D eigenvalue weighted by atomic mass is 10.0. The van der Waals surface area contributed by atoms with Crippen LogP contribution in [0.1, 0.15) is 18.1 Å². The number of nitrogens with two attached hydrogens (primary N) is 1. The van der Waals surface area contributed by atoms with Crippen molar-refractivity contribution in [3.05, 3.63) is 56.0 Å². The van der Waals surface area contributed by atoms with Gasteiger partial charge in [-0.2, -0.15) is 0 Å². The van der Waals surface area contributed by atoms with Crippen molar-refractivity contribution in [3.63, 3.8) is 0 Å². The van der Waals surface area contributed by atoms with Gasteiger partial charge in [0.25, 0.3) is 0 Å². The van der Waals surface area contributed by atoms with Gasteiger partial charge < -0.3 is 10.5 Å². The maximum Gasteiger partial charge on any atom is 0.147 e. The second-order valence-corrected chi connectivity index (χ2v) is 6.76. The third-order valence-corrected chi connectivity index (χ3v) is 4.45. The normalized spacial score (nSPS) is 12.3. The molecule has 0 saturated heterocycles. The minimum Gasteiger partial charge on any atom is -0.455 e. The van der Waals surface area contributed by atoms with Crippen molar-refractivity contribution in [2.75, 3.05) is 0 Å². The molecule has 0 saturated carbocycles. The summed E-state index contributed by atoms with van der Waals surface area (Å²) in [6.45, 7) is 4.01. The van der Waals surface area contributed by atoms with Crippen LogP contribution in [0, 0.1) is 6.92 Å². The van der Waals surface area contributed by atoms with Gasteiger partial charge in [-0.3, -0.25) is 0 Å². The van der Waals surface area contributed by atoms with E-state index in [1.807, 2.05) is 26.0 Å². The van der Waals surface area contributed by atoms with Crippen LogP contribution in [-0.2, 0) is 6.42 Å². The van der Waals surface area contributed by atoms with E-state index in [2.05, 4.69) is 22.0 Å². The molecule has 1 atom stereocenters. The standard InChI is InChI=1S/C16H16BrCl2NO/c1-9-3-4-15(11(5-9)6-10(2)20)21-16-8-13(18)12(17)7-14(16)19/h3-5,7-8,10H,6,20H2,1-2H3. The van der Waals surface area contributed by atoms with Gasteiger partial charge in [-0.25, -0.2) is 0 Å². The van der Waals surface area contributed by atoms with E-state index in [1.54, 1.807) is 12.1 Å². The van der Waals surface area contributed by atoms with E-state index in [1.165, 1.54) is 0 Å². The molecule has 112 valence electrons. The van der Waals surface area contributed by atoms with Crippen molar-refractivity contribution in [1.82, 2.24) is 0 Å². The molecule has 21 heavy (non-hydrogen) atoms. The molecule has 1 unspecified atom stereocenters. The molecule has 0 fully saturated rings. The summed E-state index contributed by atoms with van der Waals surface area (Å²) in [5.74, 6) is 1.28. The minimum absolute atomic E-state index is 0.0538. The number of halogens is 3. The summed E-state index contributed by atoms with van der Waals surface area (Å²) >= 11 is 15.6. The Morgan fingerprint density at radius 2 is 1.86 bits per heavy atom. The van der Waals surface area contributed by atoms with Crippen LogP contribution in [-0.4, -0.2) is 6.04 Å². The van der Waals surface area contributed by atoms with Gasteiger partial charge in [0.15, 0.2) is 0 Å². The van der Waals surface area contributed by atoms with E-state index in [0.29, 0.717) is 15.8 Å². The third-order valence-electron chi connectivity index (χ3n) is 2.95. The largest absolute Gasteiger partial charge is 0.455 e. The molecule has 2 aromatic rings. The Balaban J connectivity index is 2.37. The van der Waals surface area contributed by atoms with Gasteiger partial charge >= 0.3 is 0 Å². The predicted octanol–water partition coefficient (Wildman–Crippen LogP) is 5.75. The Bertz CT molecular complexity index is 659. The number of rotatable bonds is 4. The summed E-state index contributed by atoms with van der Waals surface area (Å²) in [7, 11) is 0. The lowest BCUT2D eigenvalue weighted by molar-refractivity contribution is 0.474. The highest BCUT2D eigenvalue weighted by atomic mass is 79.9. The summed E-state index contributed by atoms with van der Waals surface area (Å²) in [4.78, 5) is 0. The molecule has 2 nitrogen and oxygen atoms in total. The summed E-state index contributed by atoms with van der Waals surface area (Å²) in [6, 6.07) is 9.47. The van der Waals surface area contributed by atoms with Gasteiger partial charge in [0, 0.05) is 16.6 Å². The number of ether oxygens (including phenoxy) is 1. The van der Waals surface area contributed by atoms with Crippen LogP contribution in [0.25, 0.3) is 0 Å². The Labute approximate surface area is 143 Å². The van der Waals surface area contributed by atoms with Crippen LogP contribution in [0.15, 0.2) is 34.8 Å².